The molecule has 0 spiro atoms. The minimum atomic E-state index is -0.0898. The third kappa shape index (κ3) is 4.35. The van der Waals surface area contributed by atoms with Crippen LogP contribution in [0.15, 0.2) is 54.6 Å². The van der Waals surface area contributed by atoms with Gasteiger partial charge in [0.15, 0.2) is 0 Å². The third-order valence-electron chi connectivity index (χ3n) is 3.44. The van der Waals surface area contributed by atoms with Crippen molar-refractivity contribution in [2.75, 3.05) is 7.11 Å². The van der Waals surface area contributed by atoms with Gasteiger partial charge in [-0.3, -0.25) is 4.79 Å². The van der Waals surface area contributed by atoms with Crippen LogP contribution in [0.25, 0.3) is 0 Å². The Morgan fingerprint density at radius 2 is 1.76 bits per heavy atom. The molecule has 1 N–H and O–H groups in total. The predicted molar refractivity (Wildman–Crippen MR) is 84.7 cm³/mol. The number of aryl methyl sites for hydroxylation is 1. The van der Waals surface area contributed by atoms with Crippen LogP contribution in [0.5, 0.6) is 5.75 Å². The van der Waals surface area contributed by atoms with E-state index in [1.807, 2.05) is 37.3 Å². The van der Waals surface area contributed by atoms with Gasteiger partial charge in [0.25, 0.3) is 5.91 Å². The van der Waals surface area contributed by atoms with Crippen LogP contribution in [-0.2, 0) is 6.42 Å². The third-order valence-corrected chi connectivity index (χ3v) is 3.44. The van der Waals surface area contributed by atoms with Crippen molar-refractivity contribution in [3.63, 3.8) is 0 Å². The zero-order valence-corrected chi connectivity index (χ0v) is 12.5. The van der Waals surface area contributed by atoms with Crippen molar-refractivity contribution in [2.45, 2.75) is 25.8 Å². The summed E-state index contributed by atoms with van der Waals surface area (Å²) >= 11 is 0. The molecule has 2 aromatic rings. The van der Waals surface area contributed by atoms with Crippen LogP contribution >= 0.6 is 0 Å². The SMILES string of the molecule is COc1ccccc1C(=O)N[C@H](C)CCc1ccccc1. The smallest absolute Gasteiger partial charge is 0.255 e. The Morgan fingerprint density at radius 3 is 2.48 bits per heavy atom. The highest BCUT2D eigenvalue weighted by atomic mass is 16.5. The van der Waals surface area contributed by atoms with E-state index < -0.39 is 0 Å². The lowest BCUT2D eigenvalue weighted by Crippen LogP contribution is -2.33. The second kappa shape index (κ2) is 7.48. The van der Waals surface area contributed by atoms with Crippen molar-refractivity contribution >= 4 is 5.91 Å². The second-order valence-electron chi connectivity index (χ2n) is 5.10. The number of rotatable bonds is 6. The van der Waals surface area contributed by atoms with Gasteiger partial charge in [-0.1, -0.05) is 42.5 Å². The number of methoxy groups -OCH3 is 1. The van der Waals surface area contributed by atoms with Crippen molar-refractivity contribution in [3.8, 4) is 5.75 Å². The molecule has 2 rings (SSSR count). The minimum Gasteiger partial charge on any atom is -0.496 e. The normalized spacial score (nSPS) is 11.7. The van der Waals surface area contributed by atoms with Gasteiger partial charge in [0.1, 0.15) is 5.75 Å². The van der Waals surface area contributed by atoms with E-state index in [4.69, 9.17) is 4.74 Å². The van der Waals surface area contributed by atoms with E-state index in [0.29, 0.717) is 11.3 Å². The summed E-state index contributed by atoms with van der Waals surface area (Å²) in [4.78, 5) is 12.3. The predicted octanol–water partition coefficient (Wildman–Crippen LogP) is 3.45. The molecule has 110 valence electrons. The number of para-hydroxylation sites is 1. The molecule has 21 heavy (non-hydrogen) atoms. The number of carbonyl (C=O) groups is 1. The summed E-state index contributed by atoms with van der Waals surface area (Å²) in [6, 6.07) is 17.7. The molecular weight excluding hydrogens is 262 g/mol. The van der Waals surface area contributed by atoms with Gasteiger partial charge in [0.2, 0.25) is 0 Å². The molecule has 2 aromatic carbocycles. The van der Waals surface area contributed by atoms with Crippen molar-refractivity contribution in [3.05, 3.63) is 65.7 Å². The van der Waals surface area contributed by atoms with Gasteiger partial charge >= 0.3 is 0 Å². The number of nitrogens with one attached hydrogen (secondary N) is 1. The minimum absolute atomic E-state index is 0.0898. The molecule has 0 saturated heterocycles. The molecule has 3 nitrogen and oxygen atoms in total. The largest absolute Gasteiger partial charge is 0.496 e. The first-order chi connectivity index (χ1) is 10.2. The summed E-state index contributed by atoms with van der Waals surface area (Å²) in [7, 11) is 1.57. The highest BCUT2D eigenvalue weighted by Gasteiger charge is 2.13. The van der Waals surface area contributed by atoms with E-state index >= 15 is 0 Å². The van der Waals surface area contributed by atoms with E-state index in [9.17, 15) is 4.79 Å². The Balaban J connectivity index is 1.90. The molecule has 0 radical (unpaired) electrons. The molecule has 0 heterocycles. The molecule has 0 fully saturated rings. The van der Waals surface area contributed by atoms with Crippen LogP contribution in [0.1, 0.15) is 29.3 Å². The summed E-state index contributed by atoms with van der Waals surface area (Å²) < 4.78 is 5.22. The van der Waals surface area contributed by atoms with E-state index in [1.165, 1.54) is 5.56 Å². The molecule has 0 aromatic heterocycles. The Morgan fingerprint density at radius 1 is 1.10 bits per heavy atom. The van der Waals surface area contributed by atoms with E-state index in [1.54, 1.807) is 19.2 Å². The fraction of sp³-hybridized carbons (Fsp3) is 0.278. The van der Waals surface area contributed by atoms with E-state index in [0.717, 1.165) is 12.8 Å². The zero-order chi connectivity index (χ0) is 15.1. The second-order valence-corrected chi connectivity index (χ2v) is 5.10. The Kier molecular flexibility index (Phi) is 5.38. The van der Waals surface area contributed by atoms with Crippen LogP contribution in [0, 0.1) is 0 Å². The first kappa shape index (κ1) is 15.1. The maximum atomic E-state index is 12.3. The van der Waals surface area contributed by atoms with E-state index in [2.05, 4.69) is 17.4 Å². The monoisotopic (exact) mass is 283 g/mol. The van der Waals surface area contributed by atoms with Crippen LogP contribution in [-0.4, -0.2) is 19.1 Å². The van der Waals surface area contributed by atoms with Crippen molar-refractivity contribution in [1.82, 2.24) is 5.32 Å². The quantitative estimate of drug-likeness (QED) is 0.882. The fourth-order valence-corrected chi connectivity index (χ4v) is 2.23. The number of amides is 1. The highest BCUT2D eigenvalue weighted by molar-refractivity contribution is 5.97. The maximum absolute atomic E-state index is 12.3. The molecule has 0 unspecified atom stereocenters. The molecular formula is C18H21NO2. The lowest BCUT2D eigenvalue weighted by Gasteiger charge is -2.15. The molecule has 0 aliphatic rings. The molecule has 0 aliphatic heterocycles. The molecule has 3 heteroatoms. The van der Waals surface area contributed by atoms with Crippen molar-refractivity contribution in [1.29, 1.82) is 0 Å². The van der Waals surface area contributed by atoms with Gasteiger partial charge in [-0.15, -0.1) is 0 Å². The first-order valence-electron chi connectivity index (χ1n) is 7.18. The number of benzene rings is 2. The van der Waals surface area contributed by atoms with Crippen LogP contribution in [0.4, 0.5) is 0 Å². The lowest BCUT2D eigenvalue weighted by molar-refractivity contribution is 0.0935. The van der Waals surface area contributed by atoms with Gasteiger partial charge in [-0.05, 0) is 37.5 Å². The standard InChI is InChI=1S/C18H21NO2/c1-14(12-13-15-8-4-3-5-9-15)19-18(20)16-10-6-7-11-17(16)21-2/h3-11,14H,12-13H2,1-2H3,(H,19,20)/t14-/m1/s1. The molecule has 0 aliphatic carbocycles. The van der Waals surface area contributed by atoms with Gasteiger partial charge in [-0.2, -0.15) is 0 Å². The molecule has 0 bridgehead atoms. The fourth-order valence-electron chi connectivity index (χ4n) is 2.23. The van der Waals surface area contributed by atoms with Crippen molar-refractivity contribution in [2.24, 2.45) is 0 Å². The number of hydrogen-bond donors (Lipinski definition) is 1. The summed E-state index contributed by atoms with van der Waals surface area (Å²) in [5.74, 6) is 0.512. The van der Waals surface area contributed by atoms with E-state index in [-0.39, 0.29) is 11.9 Å². The summed E-state index contributed by atoms with van der Waals surface area (Å²) in [5.41, 5.74) is 1.86. The van der Waals surface area contributed by atoms with Gasteiger partial charge in [0.05, 0.1) is 12.7 Å². The summed E-state index contributed by atoms with van der Waals surface area (Å²) in [6.07, 6.45) is 1.86. The number of ether oxygens (including phenoxy) is 1. The van der Waals surface area contributed by atoms with Crippen LogP contribution in [0.3, 0.4) is 0 Å². The first-order valence-corrected chi connectivity index (χ1v) is 7.18. The Hall–Kier alpha value is -2.29. The average Bonchev–Trinajstić information content (AvgIpc) is 2.53. The van der Waals surface area contributed by atoms with Gasteiger partial charge in [0, 0.05) is 6.04 Å². The Bertz CT molecular complexity index is 581. The van der Waals surface area contributed by atoms with Crippen LogP contribution in [0.2, 0.25) is 0 Å². The maximum Gasteiger partial charge on any atom is 0.255 e. The summed E-state index contributed by atoms with van der Waals surface area (Å²) in [5, 5.41) is 3.02. The summed E-state index contributed by atoms with van der Waals surface area (Å²) in [6.45, 7) is 2.02. The number of hydrogen-bond acceptors (Lipinski definition) is 2. The Labute approximate surface area is 126 Å². The number of carbonyl (C=O) groups excluding carboxylic acids is 1. The zero-order valence-electron chi connectivity index (χ0n) is 12.5. The van der Waals surface area contributed by atoms with Crippen molar-refractivity contribution < 1.29 is 9.53 Å². The molecule has 1 atom stereocenters. The van der Waals surface area contributed by atoms with Gasteiger partial charge in [-0.25, -0.2) is 0 Å². The highest BCUT2D eigenvalue weighted by Crippen LogP contribution is 2.17. The lowest BCUT2D eigenvalue weighted by atomic mass is 10.1. The van der Waals surface area contributed by atoms with Gasteiger partial charge < -0.3 is 10.1 Å². The molecule has 0 saturated carbocycles. The topological polar surface area (TPSA) is 38.3 Å². The van der Waals surface area contributed by atoms with Crippen LogP contribution < -0.4 is 10.1 Å². The average molecular weight is 283 g/mol. The molecule has 1 amide bonds.